The van der Waals surface area contributed by atoms with Crippen molar-refractivity contribution < 1.29 is 8.83 Å². The fourth-order valence-electron chi connectivity index (χ4n) is 7.89. The Labute approximate surface area is 303 Å². The van der Waals surface area contributed by atoms with Gasteiger partial charge in [0.05, 0.1) is 16.8 Å². The number of anilines is 3. The van der Waals surface area contributed by atoms with Crippen molar-refractivity contribution >= 4 is 92.4 Å². The van der Waals surface area contributed by atoms with Crippen molar-refractivity contribution in [3.8, 4) is 22.3 Å². The summed E-state index contributed by atoms with van der Waals surface area (Å²) in [5.74, 6) is 0. The zero-order valence-electron chi connectivity index (χ0n) is 27.9. The molecule has 0 amide bonds. The Hall–Kier alpha value is -6.62. The summed E-state index contributed by atoms with van der Waals surface area (Å²) in [4.78, 5) is 2.33. The minimum absolute atomic E-state index is 0.838. The fourth-order valence-corrected chi connectivity index (χ4v) is 8.97. The van der Waals surface area contributed by atoms with E-state index in [0.717, 1.165) is 72.1 Å². The van der Waals surface area contributed by atoms with E-state index in [1.165, 1.54) is 31.3 Å². The van der Waals surface area contributed by atoms with Crippen molar-refractivity contribution in [3.63, 3.8) is 0 Å². The first-order valence-electron chi connectivity index (χ1n) is 17.5. The van der Waals surface area contributed by atoms with Gasteiger partial charge in [-0.2, -0.15) is 0 Å². The molecule has 11 rings (SSSR count). The second-order valence-corrected chi connectivity index (χ2v) is 14.3. The molecule has 0 saturated heterocycles. The van der Waals surface area contributed by atoms with Gasteiger partial charge in [-0.25, -0.2) is 0 Å². The highest BCUT2D eigenvalue weighted by molar-refractivity contribution is 7.25. The van der Waals surface area contributed by atoms with Gasteiger partial charge in [-0.15, -0.1) is 11.3 Å². The van der Waals surface area contributed by atoms with Crippen LogP contribution in [0.5, 0.6) is 0 Å². The van der Waals surface area contributed by atoms with Crippen LogP contribution in [-0.4, -0.2) is 0 Å². The third kappa shape index (κ3) is 4.45. The summed E-state index contributed by atoms with van der Waals surface area (Å²) in [6.45, 7) is 0. The SMILES string of the molecule is c1ccc(-c2cccc3c2oc2c(N(c4ccc(-c5ccc6sc7ccccc7c6c5)cc4)c4cccc5oc6ccccc6c45)cccc23)cc1. The monoisotopic (exact) mass is 683 g/mol. The molecule has 0 spiro atoms. The summed E-state index contributed by atoms with van der Waals surface area (Å²) in [6, 6.07) is 62.4. The molecule has 0 atom stereocenters. The summed E-state index contributed by atoms with van der Waals surface area (Å²) < 4.78 is 16.0. The number of nitrogens with zero attached hydrogens (tertiary/aromatic N) is 1. The molecule has 0 aliphatic rings. The largest absolute Gasteiger partial charge is 0.456 e. The van der Waals surface area contributed by atoms with Crippen LogP contribution in [0.3, 0.4) is 0 Å². The molecule has 0 bridgehead atoms. The quantitative estimate of drug-likeness (QED) is 0.181. The second kappa shape index (κ2) is 11.5. The van der Waals surface area contributed by atoms with Gasteiger partial charge in [0.2, 0.25) is 0 Å². The Balaban J connectivity index is 1.13. The average molecular weight is 684 g/mol. The van der Waals surface area contributed by atoms with Gasteiger partial charge in [0.15, 0.2) is 5.58 Å². The van der Waals surface area contributed by atoms with E-state index >= 15 is 0 Å². The first-order valence-corrected chi connectivity index (χ1v) is 18.3. The zero-order chi connectivity index (χ0) is 34.2. The molecule has 0 unspecified atom stereocenters. The first kappa shape index (κ1) is 29.1. The van der Waals surface area contributed by atoms with Crippen molar-refractivity contribution in [1.82, 2.24) is 0 Å². The van der Waals surface area contributed by atoms with E-state index in [0.29, 0.717) is 0 Å². The van der Waals surface area contributed by atoms with Gasteiger partial charge in [-0.1, -0.05) is 121 Å². The van der Waals surface area contributed by atoms with Gasteiger partial charge < -0.3 is 13.7 Å². The van der Waals surface area contributed by atoms with E-state index in [1.54, 1.807) is 0 Å². The lowest BCUT2D eigenvalue weighted by Gasteiger charge is -2.26. The molecule has 3 aromatic heterocycles. The van der Waals surface area contributed by atoms with Crippen LogP contribution < -0.4 is 4.90 Å². The van der Waals surface area contributed by atoms with Crippen molar-refractivity contribution in [2.24, 2.45) is 0 Å². The van der Waals surface area contributed by atoms with Crippen LogP contribution in [0.2, 0.25) is 0 Å². The lowest BCUT2D eigenvalue weighted by Crippen LogP contribution is -2.10. The van der Waals surface area contributed by atoms with Gasteiger partial charge in [-0.05, 0) is 71.3 Å². The number of furan rings is 2. The molecule has 8 aromatic carbocycles. The van der Waals surface area contributed by atoms with Gasteiger partial charge >= 0.3 is 0 Å². The highest BCUT2D eigenvalue weighted by Crippen LogP contribution is 2.47. The first-order chi connectivity index (χ1) is 25.8. The topological polar surface area (TPSA) is 29.5 Å². The molecule has 0 aliphatic heterocycles. The highest BCUT2D eigenvalue weighted by atomic mass is 32.1. The molecule has 3 heterocycles. The van der Waals surface area contributed by atoms with E-state index < -0.39 is 0 Å². The maximum Gasteiger partial charge on any atom is 0.159 e. The maximum atomic E-state index is 6.97. The molecule has 11 aromatic rings. The Kier molecular flexibility index (Phi) is 6.42. The van der Waals surface area contributed by atoms with Crippen molar-refractivity contribution in [3.05, 3.63) is 176 Å². The van der Waals surface area contributed by atoms with Crippen LogP contribution in [0, 0.1) is 0 Å². The third-order valence-electron chi connectivity index (χ3n) is 10.3. The predicted molar refractivity (Wildman–Crippen MR) is 219 cm³/mol. The highest BCUT2D eigenvalue weighted by Gasteiger charge is 2.24. The molecule has 0 N–H and O–H groups in total. The lowest BCUT2D eigenvalue weighted by molar-refractivity contribution is 0.668. The fraction of sp³-hybridized carbons (Fsp3) is 0. The van der Waals surface area contributed by atoms with Crippen molar-refractivity contribution in [2.75, 3.05) is 4.90 Å². The maximum absolute atomic E-state index is 6.97. The van der Waals surface area contributed by atoms with E-state index in [1.807, 2.05) is 29.5 Å². The van der Waals surface area contributed by atoms with E-state index in [2.05, 4.69) is 163 Å². The Morgan fingerprint density at radius 3 is 1.92 bits per heavy atom. The van der Waals surface area contributed by atoms with Gasteiger partial charge in [0, 0.05) is 47.6 Å². The minimum atomic E-state index is 0.838. The summed E-state index contributed by atoms with van der Waals surface area (Å²) in [5, 5.41) is 6.92. The number of rotatable bonds is 5. The van der Waals surface area contributed by atoms with E-state index in [9.17, 15) is 0 Å². The van der Waals surface area contributed by atoms with Crippen LogP contribution >= 0.6 is 11.3 Å². The number of hydrogen-bond donors (Lipinski definition) is 0. The molecule has 3 nitrogen and oxygen atoms in total. The molecule has 0 aliphatic carbocycles. The number of fused-ring (bicyclic) bond motifs is 9. The van der Waals surface area contributed by atoms with Crippen molar-refractivity contribution in [2.45, 2.75) is 0 Å². The lowest BCUT2D eigenvalue weighted by atomic mass is 10.0. The number of hydrogen-bond acceptors (Lipinski definition) is 4. The predicted octanol–water partition coefficient (Wildman–Crippen LogP) is 14.7. The van der Waals surface area contributed by atoms with E-state index in [-0.39, 0.29) is 0 Å². The van der Waals surface area contributed by atoms with Crippen molar-refractivity contribution in [1.29, 1.82) is 0 Å². The summed E-state index contributed by atoms with van der Waals surface area (Å²) >= 11 is 1.85. The number of thiophene rings is 1. The second-order valence-electron chi connectivity index (χ2n) is 13.2. The smallest absolute Gasteiger partial charge is 0.159 e. The molecule has 0 fully saturated rings. The summed E-state index contributed by atoms with van der Waals surface area (Å²) in [5.41, 5.74) is 11.0. The molecular weight excluding hydrogens is 655 g/mol. The normalized spacial score (nSPS) is 11.8. The van der Waals surface area contributed by atoms with Crippen LogP contribution in [0.1, 0.15) is 0 Å². The molecule has 244 valence electrons. The number of benzene rings is 8. The zero-order valence-corrected chi connectivity index (χ0v) is 28.7. The summed E-state index contributed by atoms with van der Waals surface area (Å²) in [6.07, 6.45) is 0. The van der Waals surface area contributed by atoms with E-state index in [4.69, 9.17) is 8.83 Å². The van der Waals surface area contributed by atoms with Crippen LogP contribution in [-0.2, 0) is 0 Å². The van der Waals surface area contributed by atoms with Gasteiger partial charge in [0.1, 0.15) is 16.7 Å². The standard InChI is InChI=1S/C48H29NO2S/c1-2-11-31(12-3-1)34-15-8-16-36-37-17-9-19-41(48(37)51-47(34)36)49(40-18-10-21-43-46(40)38-14-4-6-20-42(38)50-43)33-26-23-30(24-27-33)32-25-28-45-39(29-32)35-13-5-7-22-44(35)52-45/h1-29H. The molecule has 0 saturated carbocycles. The Bertz CT molecular complexity index is 3130. The number of para-hydroxylation sites is 3. The molecule has 4 heteroatoms. The molecule has 52 heavy (non-hydrogen) atoms. The Morgan fingerprint density at radius 2 is 1.04 bits per heavy atom. The molecular formula is C48H29NO2S. The van der Waals surface area contributed by atoms with Gasteiger partial charge in [0.25, 0.3) is 0 Å². The van der Waals surface area contributed by atoms with Crippen LogP contribution in [0.15, 0.2) is 185 Å². The minimum Gasteiger partial charge on any atom is -0.456 e. The Morgan fingerprint density at radius 1 is 0.385 bits per heavy atom. The van der Waals surface area contributed by atoms with Gasteiger partial charge in [-0.3, -0.25) is 0 Å². The third-order valence-corrected chi connectivity index (χ3v) is 11.4. The van der Waals surface area contributed by atoms with Crippen LogP contribution in [0.4, 0.5) is 17.1 Å². The van der Waals surface area contributed by atoms with Crippen LogP contribution in [0.25, 0.3) is 86.3 Å². The summed E-state index contributed by atoms with van der Waals surface area (Å²) in [7, 11) is 0. The average Bonchev–Trinajstić information content (AvgIpc) is 3.90. The molecule has 0 radical (unpaired) electrons.